The summed E-state index contributed by atoms with van der Waals surface area (Å²) >= 11 is 0. The lowest BCUT2D eigenvalue weighted by Crippen LogP contribution is -2.24. The molecule has 106 valence electrons. The minimum atomic E-state index is -0.129. The van der Waals surface area contributed by atoms with Crippen molar-refractivity contribution < 1.29 is 14.3 Å². The largest absolute Gasteiger partial charge is 0.495 e. The summed E-state index contributed by atoms with van der Waals surface area (Å²) in [6.07, 6.45) is 0.914. The predicted octanol–water partition coefficient (Wildman–Crippen LogP) is 1.23. The highest BCUT2D eigenvalue weighted by molar-refractivity contribution is 5.92. The van der Waals surface area contributed by atoms with Gasteiger partial charge in [-0.15, -0.1) is 0 Å². The lowest BCUT2D eigenvalue weighted by atomic mass is 10.2. The quantitative estimate of drug-likeness (QED) is 0.844. The maximum atomic E-state index is 11.9. The van der Waals surface area contributed by atoms with E-state index in [0.29, 0.717) is 36.4 Å². The Bertz CT molecular complexity index is 519. The van der Waals surface area contributed by atoms with E-state index in [1.54, 1.807) is 18.2 Å². The van der Waals surface area contributed by atoms with Crippen molar-refractivity contribution in [3.63, 3.8) is 0 Å². The molecule has 0 bridgehead atoms. The first-order valence-corrected chi connectivity index (χ1v) is 6.46. The Labute approximate surface area is 117 Å². The second-order valence-corrected chi connectivity index (χ2v) is 4.43. The molecule has 2 rings (SSSR count). The Hall–Kier alpha value is -2.10. The molecule has 1 heterocycles. The summed E-state index contributed by atoms with van der Waals surface area (Å²) < 4.78 is 10.5. The number of rotatable bonds is 5. The lowest BCUT2D eigenvalue weighted by molar-refractivity contribution is -0.116. The fourth-order valence-electron chi connectivity index (χ4n) is 2.02. The maximum absolute atomic E-state index is 11.9. The number of carbonyl (C=O) groups is 1. The van der Waals surface area contributed by atoms with E-state index in [1.165, 1.54) is 7.11 Å². The van der Waals surface area contributed by atoms with Crippen LogP contribution in [-0.2, 0) is 9.53 Å². The van der Waals surface area contributed by atoms with Crippen molar-refractivity contribution in [1.29, 1.82) is 5.26 Å². The summed E-state index contributed by atoms with van der Waals surface area (Å²) in [6, 6.07) is 6.94. The third-order valence-electron chi connectivity index (χ3n) is 3.03. The molecule has 0 aromatic heterocycles. The van der Waals surface area contributed by atoms with Gasteiger partial charge in [0.15, 0.2) is 0 Å². The molecule has 1 aromatic carbocycles. The van der Waals surface area contributed by atoms with Gasteiger partial charge in [0, 0.05) is 13.0 Å². The van der Waals surface area contributed by atoms with Crippen LogP contribution in [0.3, 0.4) is 0 Å². The predicted molar refractivity (Wildman–Crippen MR) is 73.3 cm³/mol. The van der Waals surface area contributed by atoms with E-state index >= 15 is 0 Å². The number of ether oxygens (including phenoxy) is 2. The first-order valence-electron chi connectivity index (χ1n) is 6.46. The van der Waals surface area contributed by atoms with Crippen LogP contribution in [0.15, 0.2) is 18.2 Å². The van der Waals surface area contributed by atoms with Crippen LogP contribution >= 0.6 is 0 Å². The van der Waals surface area contributed by atoms with Gasteiger partial charge in [-0.3, -0.25) is 10.1 Å². The van der Waals surface area contributed by atoms with Crippen LogP contribution in [0, 0.1) is 11.3 Å². The molecule has 0 aliphatic carbocycles. The molecule has 0 saturated carbocycles. The Balaban J connectivity index is 1.94. The Morgan fingerprint density at radius 1 is 1.65 bits per heavy atom. The van der Waals surface area contributed by atoms with Crippen LogP contribution in [0.5, 0.6) is 5.75 Å². The Morgan fingerprint density at radius 2 is 2.50 bits per heavy atom. The fourth-order valence-corrected chi connectivity index (χ4v) is 2.02. The van der Waals surface area contributed by atoms with Gasteiger partial charge in [0.1, 0.15) is 12.0 Å². The van der Waals surface area contributed by atoms with E-state index in [2.05, 4.69) is 10.6 Å². The first-order chi connectivity index (χ1) is 9.72. The zero-order valence-corrected chi connectivity index (χ0v) is 11.3. The molecule has 1 unspecified atom stereocenters. The van der Waals surface area contributed by atoms with E-state index in [9.17, 15) is 4.79 Å². The van der Waals surface area contributed by atoms with Crippen molar-refractivity contribution in [2.75, 3.05) is 25.6 Å². The molecular weight excluding hydrogens is 258 g/mol. The van der Waals surface area contributed by atoms with Crippen LogP contribution in [-0.4, -0.2) is 32.4 Å². The van der Waals surface area contributed by atoms with Gasteiger partial charge in [0.25, 0.3) is 0 Å². The van der Waals surface area contributed by atoms with Gasteiger partial charge in [-0.05, 0) is 24.6 Å². The number of hydrogen-bond donors (Lipinski definition) is 2. The normalized spacial score (nSPS) is 17.5. The molecule has 1 aliphatic heterocycles. The van der Waals surface area contributed by atoms with Gasteiger partial charge in [-0.1, -0.05) is 0 Å². The van der Waals surface area contributed by atoms with Crippen LogP contribution in [0.2, 0.25) is 0 Å². The molecule has 2 N–H and O–H groups in total. The van der Waals surface area contributed by atoms with Crippen molar-refractivity contribution >= 4 is 11.6 Å². The van der Waals surface area contributed by atoms with Crippen LogP contribution in [0.1, 0.15) is 18.4 Å². The van der Waals surface area contributed by atoms with Gasteiger partial charge >= 0.3 is 0 Å². The zero-order chi connectivity index (χ0) is 14.4. The minimum absolute atomic E-state index is 0.0481. The van der Waals surface area contributed by atoms with Crippen LogP contribution in [0.25, 0.3) is 0 Å². The van der Waals surface area contributed by atoms with Gasteiger partial charge in [-0.2, -0.15) is 5.26 Å². The molecule has 20 heavy (non-hydrogen) atoms. The van der Waals surface area contributed by atoms with Gasteiger partial charge in [0.05, 0.1) is 31.0 Å². The molecule has 6 nitrogen and oxygen atoms in total. The van der Waals surface area contributed by atoms with Gasteiger partial charge in [-0.25, -0.2) is 0 Å². The molecule has 1 amide bonds. The van der Waals surface area contributed by atoms with Crippen molar-refractivity contribution in [1.82, 2.24) is 5.32 Å². The molecule has 0 radical (unpaired) electrons. The summed E-state index contributed by atoms with van der Waals surface area (Å²) in [5.74, 6) is 0.406. The topological polar surface area (TPSA) is 83.4 Å². The highest BCUT2D eigenvalue weighted by Crippen LogP contribution is 2.25. The Morgan fingerprint density at radius 3 is 3.15 bits per heavy atom. The molecule has 6 heteroatoms. The minimum Gasteiger partial charge on any atom is -0.495 e. The molecule has 1 aromatic rings. The molecule has 0 spiro atoms. The fraction of sp³-hybridized carbons (Fsp3) is 0.429. The number of methoxy groups -OCH3 is 1. The van der Waals surface area contributed by atoms with E-state index in [4.69, 9.17) is 14.7 Å². The van der Waals surface area contributed by atoms with E-state index in [1.807, 2.05) is 6.07 Å². The second kappa shape index (κ2) is 6.89. The monoisotopic (exact) mass is 275 g/mol. The van der Waals surface area contributed by atoms with Crippen molar-refractivity contribution in [2.45, 2.75) is 19.1 Å². The van der Waals surface area contributed by atoms with Gasteiger partial charge < -0.3 is 14.8 Å². The first kappa shape index (κ1) is 14.3. The Kier molecular flexibility index (Phi) is 4.93. The van der Waals surface area contributed by atoms with Gasteiger partial charge in [0.2, 0.25) is 5.91 Å². The molecule has 1 atom stereocenters. The third-order valence-corrected chi connectivity index (χ3v) is 3.03. The number of hydrogen-bond acceptors (Lipinski definition) is 5. The standard InChI is InChI=1S/C14H17N3O3/c1-19-12-3-2-10(9-15)8-11(12)17-13(18)4-5-14-16-6-7-20-14/h2-3,8,14,16H,4-7H2,1H3,(H,17,18). The molecule has 1 fully saturated rings. The van der Waals surface area contributed by atoms with Crippen molar-refractivity contribution in [2.24, 2.45) is 0 Å². The lowest BCUT2D eigenvalue weighted by Gasteiger charge is -2.12. The van der Waals surface area contributed by atoms with Crippen LogP contribution < -0.4 is 15.4 Å². The summed E-state index contributed by atoms with van der Waals surface area (Å²) in [7, 11) is 1.52. The highest BCUT2D eigenvalue weighted by Gasteiger charge is 2.16. The number of benzene rings is 1. The zero-order valence-electron chi connectivity index (χ0n) is 11.3. The van der Waals surface area contributed by atoms with E-state index in [-0.39, 0.29) is 12.1 Å². The molecule has 1 aliphatic rings. The third kappa shape index (κ3) is 3.70. The average molecular weight is 275 g/mol. The highest BCUT2D eigenvalue weighted by atomic mass is 16.5. The number of carbonyl (C=O) groups excluding carboxylic acids is 1. The number of nitriles is 1. The summed E-state index contributed by atoms with van der Waals surface area (Å²) in [4.78, 5) is 11.9. The van der Waals surface area contributed by atoms with Crippen molar-refractivity contribution in [3.05, 3.63) is 23.8 Å². The maximum Gasteiger partial charge on any atom is 0.224 e. The van der Waals surface area contributed by atoms with E-state index in [0.717, 1.165) is 6.54 Å². The number of anilines is 1. The van der Waals surface area contributed by atoms with E-state index < -0.39 is 0 Å². The van der Waals surface area contributed by atoms with Crippen molar-refractivity contribution in [3.8, 4) is 11.8 Å². The smallest absolute Gasteiger partial charge is 0.224 e. The molecule has 1 saturated heterocycles. The second-order valence-electron chi connectivity index (χ2n) is 4.43. The number of amides is 1. The SMILES string of the molecule is COc1ccc(C#N)cc1NC(=O)CCC1NCCO1. The summed E-state index contributed by atoms with van der Waals surface area (Å²) in [6.45, 7) is 1.51. The summed E-state index contributed by atoms with van der Waals surface area (Å²) in [5, 5.41) is 14.8. The average Bonchev–Trinajstić information content (AvgIpc) is 2.98. The number of nitrogens with one attached hydrogen (secondary N) is 2. The van der Waals surface area contributed by atoms with Crippen LogP contribution in [0.4, 0.5) is 5.69 Å². The number of nitrogens with zero attached hydrogens (tertiary/aromatic N) is 1. The molecular formula is C14H17N3O3. The summed E-state index contributed by atoms with van der Waals surface area (Å²) in [5.41, 5.74) is 0.985.